The highest BCUT2D eigenvalue weighted by atomic mass is 35.5. The summed E-state index contributed by atoms with van der Waals surface area (Å²) in [5, 5.41) is 8.62. The first-order valence-electron chi connectivity index (χ1n) is 5.32. The lowest BCUT2D eigenvalue weighted by molar-refractivity contribution is 0.361. The van der Waals surface area contributed by atoms with E-state index in [0.717, 1.165) is 36.8 Å². The van der Waals surface area contributed by atoms with E-state index in [9.17, 15) is 0 Å². The second kappa shape index (κ2) is 4.67. The van der Waals surface area contributed by atoms with Crippen LogP contribution in [0.1, 0.15) is 24.8 Å². The van der Waals surface area contributed by atoms with Gasteiger partial charge in [0.15, 0.2) is 0 Å². The van der Waals surface area contributed by atoms with Crippen molar-refractivity contribution in [2.45, 2.75) is 25.8 Å². The molecule has 1 aromatic carbocycles. The maximum Gasteiger partial charge on any atom is 0.0960 e. The van der Waals surface area contributed by atoms with Gasteiger partial charge in [0.2, 0.25) is 0 Å². The quantitative estimate of drug-likeness (QED) is 0.817. The molecule has 0 aromatic heterocycles. The van der Waals surface area contributed by atoms with Crippen LogP contribution in [0.5, 0.6) is 0 Å². The minimum absolute atomic E-state index is 0.765. The molecule has 0 aliphatic carbocycles. The Morgan fingerprint density at radius 2 is 2.20 bits per heavy atom. The maximum absolute atomic E-state index is 7.84. The van der Waals surface area contributed by atoms with Crippen LogP contribution in [-0.4, -0.2) is 17.3 Å². The molecule has 2 nitrogen and oxygen atoms in total. The predicted octanol–water partition coefficient (Wildman–Crippen LogP) is 3.30. The number of likely N-dealkylation sites (tertiary alicyclic amines) is 1. The molecular weight excluding hydrogens is 208 g/mol. The van der Waals surface area contributed by atoms with Crippen LogP contribution in [-0.2, 0) is 6.54 Å². The lowest BCUT2D eigenvalue weighted by atomic mass is 10.1. The van der Waals surface area contributed by atoms with Crippen LogP contribution in [0.25, 0.3) is 0 Å². The molecule has 1 aliphatic heterocycles. The molecule has 0 spiro atoms. The minimum Gasteiger partial charge on any atom is -0.356 e. The Hall–Kier alpha value is -1.02. The number of benzene rings is 1. The van der Waals surface area contributed by atoms with E-state index in [-0.39, 0.29) is 0 Å². The lowest BCUT2D eigenvalue weighted by Crippen LogP contribution is -2.34. The molecular formula is C12H15ClN2. The normalized spacial score (nSPS) is 16.9. The van der Waals surface area contributed by atoms with Gasteiger partial charge in [0.1, 0.15) is 0 Å². The summed E-state index contributed by atoms with van der Waals surface area (Å²) < 4.78 is 0. The van der Waals surface area contributed by atoms with E-state index >= 15 is 0 Å². The zero-order valence-corrected chi connectivity index (χ0v) is 9.43. The van der Waals surface area contributed by atoms with E-state index in [1.807, 2.05) is 18.2 Å². The largest absolute Gasteiger partial charge is 0.356 e. The fourth-order valence-electron chi connectivity index (χ4n) is 1.92. The second-order valence-electron chi connectivity index (χ2n) is 3.96. The van der Waals surface area contributed by atoms with Gasteiger partial charge in [-0.1, -0.05) is 23.7 Å². The summed E-state index contributed by atoms with van der Waals surface area (Å²) >= 11 is 5.93. The van der Waals surface area contributed by atoms with Crippen LogP contribution in [0.4, 0.5) is 0 Å². The molecule has 2 rings (SSSR count). The third-order valence-electron chi connectivity index (χ3n) is 2.74. The van der Waals surface area contributed by atoms with Gasteiger partial charge in [-0.05, 0) is 30.5 Å². The molecule has 0 saturated carbocycles. The molecule has 0 atom stereocenters. The van der Waals surface area contributed by atoms with Gasteiger partial charge in [0.25, 0.3) is 0 Å². The summed E-state index contributed by atoms with van der Waals surface area (Å²) in [6, 6.07) is 7.88. The summed E-state index contributed by atoms with van der Waals surface area (Å²) in [4.78, 5) is 2.13. The zero-order chi connectivity index (χ0) is 10.7. The van der Waals surface area contributed by atoms with Crippen molar-refractivity contribution in [3.05, 3.63) is 34.9 Å². The molecule has 0 radical (unpaired) electrons. The van der Waals surface area contributed by atoms with Crippen molar-refractivity contribution in [1.29, 1.82) is 5.41 Å². The molecule has 0 unspecified atom stereocenters. The molecule has 1 fully saturated rings. The average Bonchev–Trinajstić information content (AvgIpc) is 2.22. The van der Waals surface area contributed by atoms with E-state index in [1.54, 1.807) is 0 Å². The lowest BCUT2D eigenvalue weighted by Gasteiger charge is -2.29. The summed E-state index contributed by atoms with van der Waals surface area (Å²) in [7, 11) is 0. The molecule has 0 amide bonds. The highest BCUT2D eigenvalue weighted by Gasteiger charge is 2.14. The maximum atomic E-state index is 7.84. The highest BCUT2D eigenvalue weighted by molar-refractivity contribution is 6.30. The third-order valence-corrected chi connectivity index (χ3v) is 2.97. The number of halogens is 1. The highest BCUT2D eigenvalue weighted by Crippen LogP contribution is 2.16. The summed E-state index contributed by atoms with van der Waals surface area (Å²) in [6.45, 7) is 1.82. The number of nitrogens with zero attached hydrogens (tertiary/aromatic N) is 1. The standard InChI is InChI=1S/C12H15ClN2/c13-11-5-3-4-10(8-11)9-15-7-2-1-6-12(15)14/h3-5,8,14H,1-2,6-7,9H2. The van der Waals surface area contributed by atoms with Gasteiger partial charge in [-0.15, -0.1) is 0 Å². The molecule has 1 heterocycles. The Morgan fingerprint density at radius 3 is 2.93 bits per heavy atom. The van der Waals surface area contributed by atoms with E-state index in [1.165, 1.54) is 12.0 Å². The van der Waals surface area contributed by atoms with Gasteiger partial charge in [-0.25, -0.2) is 0 Å². The SMILES string of the molecule is N=C1CCCCN1Cc1cccc(Cl)c1. The topological polar surface area (TPSA) is 27.1 Å². The Balaban J connectivity index is 2.04. The molecule has 1 N–H and O–H groups in total. The van der Waals surface area contributed by atoms with Gasteiger partial charge in [0, 0.05) is 24.5 Å². The first-order valence-corrected chi connectivity index (χ1v) is 5.70. The van der Waals surface area contributed by atoms with Crippen molar-refractivity contribution >= 4 is 17.4 Å². The van der Waals surface area contributed by atoms with Gasteiger partial charge < -0.3 is 4.90 Å². The van der Waals surface area contributed by atoms with E-state index in [2.05, 4.69) is 11.0 Å². The van der Waals surface area contributed by atoms with Crippen LogP contribution < -0.4 is 0 Å². The van der Waals surface area contributed by atoms with E-state index < -0.39 is 0 Å². The number of amidine groups is 1. The minimum atomic E-state index is 0.765. The summed E-state index contributed by atoms with van der Waals surface area (Å²) in [5.74, 6) is 0.765. The fraction of sp³-hybridized carbons (Fsp3) is 0.417. The second-order valence-corrected chi connectivity index (χ2v) is 4.39. The van der Waals surface area contributed by atoms with Gasteiger partial charge in [-0.3, -0.25) is 5.41 Å². The Morgan fingerprint density at radius 1 is 1.33 bits per heavy atom. The Kier molecular flexibility index (Phi) is 3.27. The summed E-state index contributed by atoms with van der Waals surface area (Å²) in [5.41, 5.74) is 1.19. The number of piperidine rings is 1. The van der Waals surface area contributed by atoms with Crippen LogP contribution in [0.15, 0.2) is 24.3 Å². The number of rotatable bonds is 2. The first kappa shape index (κ1) is 10.5. The molecule has 0 bridgehead atoms. The zero-order valence-electron chi connectivity index (χ0n) is 8.67. The van der Waals surface area contributed by atoms with Crippen molar-refractivity contribution in [1.82, 2.24) is 4.90 Å². The smallest absolute Gasteiger partial charge is 0.0960 e. The summed E-state index contributed by atoms with van der Waals surface area (Å²) in [6.07, 6.45) is 3.27. The number of hydrogen-bond acceptors (Lipinski definition) is 1. The van der Waals surface area contributed by atoms with Crippen LogP contribution in [0, 0.1) is 5.41 Å². The number of hydrogen-bond donors (Lipinski definition) is 1. The van der Waals surface area contributed by atoms with Crippen LogP contribution in [0.3, 0.4) is 0 Å². The van der Waals surface area contributed by atoms with Gasteiger partial charge in [0.05, 0.1) is 5.84 Å². The molecule has 1 aliphatic rings. The van der Waals surface area contributed by atoms with E-state index in [4.69, 9.17) is 17.0 Å². The van der Waals surface area contributed by atoms with Gasteiger partial charge in [-0.2, -0.15) is 0 Å². The number of nitrogens with one attached hydrogen (secondary N) is 1. The van der Waals surface area contributed by atoms with Crippen LogP contribution >= 0.6 is 11.6 Å². The molecule has 1 aromatic rings. The average molecular weight is 223 g/mol. The van der Waals surface area contributed by atoms with Crippen molar-refractivity contribution in [3.8, 4) is 0 Å². The molecule has 80 valence electrons. The monoisotopic (exact) mass is 222 g/mol. The van der Waals surface area contributed by atoms with Crippen molar-refractivity contribution < 1.29 is 0 Å². The third kappa shape index (κ3) is 2.72. The fourth-order valence-corrected chi connectivity index (χ4v) is 2.13. The Bertz CT molecular complexity index is 362. The van der Waals surface area contributed by atoms with Crippen LogP contribution in [0.2, 0.25) is 5.02 Å². The Labute approximate surface area is 95.4 Å². The van der Waals surface area contributed by atoms with E-state index in [0.29, 0.717) is 0 Å². The molecule has 15 heavy (non-hydrogen) atoms. The van der Waals surface area contributed by atoms with Crippen molar-refractivity contribution in [2.75, 3.05) is 6.54 Å². The first-order chi connectivity index (χ1) is 7.25. The van der Waals surface area contributed by atoms with Gasteiger partial charge >= 0.3 is 0 Å². The van der Waals surface area contributed by atoms with Crippen molar-refractivity contribution in [2.24, 2.45) is 0 Å². The van der Waals surface area contributed by atoms with Crippen molar-refractivity contribution in [3.63, 3.8) is 0 Å². The molecule has 1 saturated heterocycles. The molecule has 3 heteroatoms. The predicted molar refractivity (Wildman–Crippen MR) is 63.4 cm³/mol.